The van der Waals surface area contributed by atoms with E-state index in [1.165, 1.54) is 0 Å². The van der Waals surface area contributed by atoms with Gasteiger partial charge < -0.3 is 9.84 Å². The Kier molecular flexibility index (Phi) is 6.58. The number of carboxylic acid groups (broad SMARTS) is 1. The van der Waals surface area contributed by atoms with E-state index in [1.54, 1.807) is 0 Å². The number of nitro benzene ring substituents is 1. The summed E-state index contributed by atoms with van der Waals surface area (Å²) in [5.41, 5.74) is -1.28. The smallest absolute Gasteiger partial charge is 0.338 e. The van der Waals surface area contributed by atoms with Gasteiger partial charge in [0.2, 0.25) is 0 Å². The minimum atomic E-state index is -1.55. The summed E-state index contributed by atoms with van der Waals surface area (Å²) in [5, 5.41) is 19.6. The van der Waals surface area contributed by atoms with Gasteiger partial charge in [0, 0.05) is 12.1 Å². The summed E-state index contributed by atoms with van der Waals surface area (Å²) in [7, 11) is 0. The van der Waals surface area contributed by atoms with Crippen LogP contribution >= 0.6 is 0 Å². The van der Waals surface area contributed by atoms with Gasteiger partial charge in [0.05, 0.1) is 11.5 Å². The van der Waals surface area contributed by atoms with E-state index in [4.69, 9.17) is 9.84 Å². The number of halogens is 1. The van der Waals surface area contributed by atoms with Gasteiger partial charge in [-0.05, 0) is 6.42 Å². The van der Waals surface area contributed by atoms with Crippen molar-refractivity contribution >= 4 is 11.7 Å². The lowest BCUT2D eigenvalue weighted by Crippen LogP contribution is -2.06. The van der Waals surface area contributed by atoms with Gasteiger partial charge in [-0.15, -0.1) is 0 Å². The molecule has 0 aliphatic heterocycles. The highest BCUT2D eigenvalue weighted by Gasteiger charge is 2.22. The zero-order chi connectivity index (χ0) is 15.8. The molecule has 0 radical (unpaired) electrons. The van der Waals surface area contributed by atoms with Gasteiger partial charge in [-0.2, -0.15) is 0 Å². The molecule has 6 nitrogen and oxygen atoms in total. The molecule has 0 fully saturated rings. The molecule has 0 atom stereocenters. The Hall–Kier alpha value is -2.18. The van der Waals surface area contributed by atoms with Crippen molar-refractivity contribution in [2.75, 3.05) is 6.61 Å². The van der Waals surface area contributed by atoms with Crippen LogP contribution in [0.5, 0.6) is 5.75 Å². The van der Waals surface area contributed by atoms with Crippen molar-refractivity contribution in [2.45, 2.75) is 39.0 Å². The second-order valence-electron chi connectivity index (χ2n) is 4.62. The van der Waals surface area contributed by atoms with Gasteiger partial charge in [0.25, 0.3) is 0 Å². The molecule has 0 bridgehead atoms. The highest BCUT2D eigenvalue weighted by molar-refractivity contribution is 5.89. The molecular formula is C14H18FNO5. The van der Waals surface area contributed by atoms with Crippen LogP contribution in [0.3, 0.4) is 0 Å². The molecule has 0 saturated heterocycles. The minimum absolute atomic E-state index is 0.233. The van der Waals surface area contributed by atoms with E-state index in [2.05, 4.69) is 6.92 Å². The number of unbranched alkanes of at least 4 members (excludes halogenated alkanes) is 4. The van der Waals surface area contributed by atoms with Crippen molar-refractivity contribution in [3.63, 3.8) is 0 Å². The van der Waals surface area contributed by atoms with Gasteiger partial charge in [0.15, 0.2) is 5.75 Å². The van der Waals surface area contributed by atoms with E-state index in [0.717, 1.165) is 31.7 Å². The molecule has 0 heterocycles. The number of hydrogen-bond acceptors (Lipinski definition) is 4. The van der Waals surface area contributed by atoms with Crippen LogP contribution in [0.4, 0.5) is 10.1 Å². The number of aromatic carboxylic acids is 1. The zero-order valence-corrected chi connectivity index (χ0v) is 11.8. The van der Waals surface area contributed by atoms with Gasteiger partial charge in [0.1, 0.15) is 11.4 Å². The summed E-state index contributed by atoms with van der Waals surface area (Å²) >= 11 is 0. The Morgan fingerprint density at radius 3 is 2.57 bits per heavy atom. The van der Waals surface area contributed by atoms with Gasteiger partial charge >= 0.3 is 11.7 Å². The first-order valence-corrected chi connectivity index (χ1v) is 6.81. The molecule has 0 aliphatic carbocycles. The average Bonchev–Trinajstić information content (AvgIpc) is 2.42. The third kappa shape index (κ3) is 5.02. The van der Waals surface area contributed by atoms with Crippen LogP contribution in [0.25, 0.3) is 0 Å². The van der Waals surface area contributed by atoms with E-state index in [0.29, 0.717) is 12.5 Å². The predicted molar refractivity (Wildman–Crippen MR) is 74.3 cm³/mol. The highest BCUT2D eigenvalue weighted by Crippen LogP contribution is 2.30. The fourth-order valence-electron chi connectivity index (χ4n) is 1.85. The van der Waals surface area contributed by atoms with Crippen molar-refractivity contribution in [3.05, 3.63) is 33.6 Å². The van der Waals surface area contributed by atoms with Crippen LogP contribution in [0.2, 0.25) is 0 Å². The molecule has 0 aliphatic rings. The van der Waals surface area contributed by atoms with Crippen LogP contribution in [-0.2, 0) is 0 Å². The van der Waals surface area contributed by atoms with Crippen molar-refractivity contribution in [1.29, 1.82) is 0 Å². The Balaban J connectivity index is 2.74. The molecule has 1 aromatic rings. The van der Waals surface area contributed by atoms with Gasteiger partial charge in [-0.3, -0.25) is 10.1 Å². The maximum absolute atomic E-state index is 13.5. The maximum Gasteiger partial charge on any atom is 0.338 e. The maximum atomic E-state index is 13.5. The van der Waals surface area contributed by atoms with Crippen LogP contribution in [-0.4, -0.2) is 22.6 Å². The summed E-state index contributed by atoms with van der Waals surface area (Å²) in [6, 6.07) is 1.44. The summed E-state index contributed by atoms with van der Waals surface area (Å²) in [4.78, 5) is 20.9. The zero-order valence-electron chi connectivity index (χ0n) is 11.8. The number of nitro groups is 1. The third-order valence-electron chi connectivity index (χ3n) is 2.98. The molecule has 116 valence electrons. The molecule has 0 amide bonds. The summed E-state index contributed by atoms with van der Waals surface area (Å²) < 4.78 is 18.8. The molecular weight excluding hydrogens is 281 g/mol. The molecule has 7 heteroatoms. The van der Waals surface area contributed by atoms with Crippen molar-refractivity contribution < 1.29 is 24.0 Å². The quantitative estimate of drug-likeness (QED) is 0.425. The topological polar surface area (TPSA) is 89.7 Å². The fraction of sp³-hybridized carbons (Fsp3) is 0.500. The molecule has 0 spiro atoms. The monoisotopic (exact) mass is 299 g/mol. The number of hydrogen-bond donors (Lipinski definition) is 1. The lowest BCUT2D eigenvalue weighted by Gasteiger charge is -2.08. The summed E-state index contributed by atoms with van der Waals surface area (Å²) in [5.74, 6) is -2.84. The molecule has 1 rings (SSSR count). The fourth-order valence-corrected chi connectivity index (χ4v) is 1.85. The van der Waals surface area contributed by atoms with Crippen LogP contribution in [0.15, 0.2) is 12.1 Å². The van der Waals surface area contributed by atoms with Gasteiger partial charge in [-0.1, -0.05) is 32.6 Å². The Labute approximate surface area is 121 Å². The molecule has 1 aromatic carbocycles. The number of ether oxygens (including phenoxy) is 1. The first-order valence-electron chi connectivity index (χ1n) is 6.81. The van der Waals surface area contributed by atoms with Crippen LogP contribution < -0.4 is 4.74 Å². The van der Waals surface area contributed by atoms with E-state index in [-0.39, 0.29) is 12.4 Å². The minimum Gasteiger partial charge on any atom is -0.487 e. The van der Waals surface area contributed by atoms with Crippen LogP contribution in [0, 0.1) is 15.9 Å². The molecule has 0 saturated carbocycles. The summed E-state index contributed by atoms with van der Waals surface area (Å²) in [6.07, 6.45) is 4.90. The number of rotatable bonds is 9. The summed E-state index contributed by atoms with van der Waals surface area (Å²) in [6.45, 7) is 2.32. The average molecular weight is 299 g/mol. The van der Waals surface area contributed by atoms with Crippen molar-refractivity contribution in [2.24, 2.45) is 0 Å². The number of carboxylic acids is 1. The Bertz CT molecular complexity index is 518. The highest BCUT2D eigenvalue weighted by atomic mass is 19.1. The lowest BCUT2D eigenvalue weighted by atomic mass is 10.1. The number of nitrogens with zero attached hydrogens (tertiary/aromatic N) is 1. The second-order valence-corrected chi connectivity index (χ2v) is 4.62. The Morgan fingerprint density at radius 2 is 2.00 bits per heavy atom. The molecule has 0 unspecified atom stereocenters. The third-order valence-corrected chi connectivity index (χ3v) is 2.98. The first-order chi connectivity index (χ1) is 9.97. The van der Waals surface area contributed by atoms with E-state index in [9.17, 15) is 19.3 Å². The molecule has 21 heavy (non-hydrogen) atoms. The van der Waals surface area contributed by atoms with Crippen LogP contribution in [0.1, 0.15) is 49.4 Å². The predicted octanol–water partition coefficient (Wildman–Crippen LogP) is 3.78. The molecule has 1 N–H and O–H groups in total. The standard InChI is InChI=1S/C14H18FNO5/c1-2-3-4-5-6-7-21-13-9-11(15)10(14(17)18)8-12(13)16(19)20/h8-9H,2-7H2,1H3,(H,17,18). The van der Waals surface area contributed by atoms with E-state index >= 15 is 0 Å². The van der Waals surface area contributed by atoms with E-state index < -0.39 is 28.0 Å². The van der Waals surface area contributed by atoms with Crippen molar-refractivity contribution in [3.8, 4) is 5.75 Å². The largest absolute Gasteiger partial charge is 0.487 e. The normalized spacial score (nSPS) is 10.4. The number of carbonyl (C=O) groups is 1. The van der Waals surface area contributed by atoms with Crippen molar-refractivity contribution in [1.82, 2.24) is 0 Å². The van der Waals surface area contributed by atoms with Gasteiger partial charge in [-0.25, -0.2) is 9.18 Å². The Morgan fingerprint density at radius 1 is 1.33 bits per heavy atom. The second kappa shape index (κ2) is 8.18. The molecule has 0 aromatic heterocycles. The SMILES string of the molecule is CCCCCCCOc1cc(F)c(C(=O)O)cc1[N+](=O)[O-]. The lowest BCUT2D eigenvalue weighted by molar-refractivity contribution is -0.386. The number of benzene rings is 1. The van der Waals surface area contributed by atoms with E-state index in [1.807, 2.05) is 0 Å². The first kappa shape index (κ1) is 16.9.